The van der Waals surface area contributed by atoms with Crippen LogP contribution in [0.3, 0.4) is 0 Å². The van der Waals surface area contributed by atoms with Gasteiger partial charge in [-0.1, -0.05) is 31.2 Å². The number of rotatable bonds is 7. The molecular weight excluding hydrogens is 360 g/mol. The van der Waals surface area contributed by atoms with E-state index in [1.54, 1.807) is 24.3 Å². The summed E-state index contributed by atoms with van der Waals surface area (Å²) >= 11 is 0. The van der Waals surface area contributed by atoms with Gasteiger partial charge in [0.15, 0.2) is 11.7 Å². The number of hydrogen-bond acceptors (Lipinski definition) is 5. The number of hydrogen-bond donors (Lipinski definition) is 1. The van der Waals surface area contributed by atoms with Crippen molar-refractivity contribution >= 4 is 28.7 Å². The Morgan fingerprint density at radius 3 is 2.57 bits per heavy atom. The summed E-state index contributed by atoms with van der Waals surface area (Å²) < 4.78 is 11.7. The molecule has 1 heterocycles. The predicted octanol–water partition coefficient (Wildman–Crippen LogP) is 3.12. The predicted molar refractivity (Wildman–Crippen MR) is 105 cm³/mol. The second kappa shape index (κ2) is 8.56. The van der Waals surface area contributed by atoms with Gasteiger partial charge in [0.25, 0.3) is 5.91 Å². The van der Waals surface area contributed by atoms with E-state index in [1.807, 2.05) is 24.3 Å². The van der Waals surface area contributed by atoms with Crippen LogP contribution in [-0.2, 0) is 27.3 Å². The first-order valence-corrected chi connectivity index (χ1v) is 9.15. The molecule has 3 rings (SSSR count). The van der Waals surface area contributed by atoms with Crippen LogP contribution in [0.25, 0.3) is 11.1 Å². The smallest absolute Gasteiger partial charge is 0.419 e. The summed E-state index contributed by atoms with van der Waals surface area (Å²) in [5.41, 5.74) is 2.88. The van der Waals surface area contributed by atoms with Gasteiger partial charge in [0, 0.05) is 12.2 Å². The van der Waals surface area contributed by atoms with Gasteiger partial charge in [0.2, 0.25) is 0 Å². The second-order valence-electron chi connectivity index (χ2n) is 6.41. The van der Waals surface area contributed by atoms with E-state index < -0.39 is 23.7 Å². The Hall–Kier alpha value is -3.35. The number of nitrogens with zero attached hydrogens (tertiary/aromatic N) is 1. The highest BCUT2D eigenvalue weighted by molar-refractivity contribution is 5.95. The minimum Gasteiger partial charge on any atom is -0.452 e. The van der Waals surface area contributed by atoms with Crippen LogP contribution in [-0.4, -0.2) is 22.5 Å². The van der Waals surface area contributed by atoms with Crippen LogP contribution < -0.4 is 11.1 Å². The van der Waals surface area contributed by atoms with E-state index in [9.17, 15) is 14.4 Å². The van der Waals surface area contributed by atoms with Crippen molar-refractivity contribution < 1.29 is 18.7 Å². The Bertz CT molecular complexity index is 1030. The Labute approximate surface area is 161 Å². The number of ether oxygens (including phenoxy) is 1. The molecular formula is C21H22N2O5. The van der Waals surface area contributed by atoms with E-state index in [-0.39, 0.29) is 13.0 Å². The Kier molecular flexibility index (Phi) is 5.93. The second-order valence-corrected chi connectivity index (χ2v) is 6.41. The summed E-state index contributed by atoms with van der Waals surface area (Å²) in [5.74, 6) is -1.51. The van der Waals surface area contributed by atoms with Gasteiger partial charge in [-0.2, -0.15) is 0 Å². The summed E-state index contributed by atoms with van der Waals surface area (Å²) in [5, 5.41) is 2.71. The van der Waals surface area contributed by atoms with E-state index in [4.69, 9.17) is 9.15 Å². The lowest BCUT2D eigenvalue weighted by atomic mass is 10.1. The SMILES string of the molecule is CCc1ccc(NC(=O)C(C)OC(=O)CCn2c(=O)oc3ccccc32)cc1. The van der Waals surface area contributed by atoms with Crippen molar-refractivity contribution in [2.75, 3.05) is 5.32 Å². The Morgan fingerprint density at radius 2 is 1.86 bits per heavy atom. The monoisotopic (exact) mass is 382 g/mol. The number of anilines is 1. The molecule has 3 aromatic rings. The summed E-state index contributed by atoms with van der Waals surface area (Å²) in [4.78, 5) is 36.2. The fraction of sp³-hybridized carbons (Fsp3) is 0.286. The zero-order chi connectivity index (χ0) is 20.1. The van der Waals surface area contributed by atoms with Gasteiger partial charge in [0.05, 0.1) is 11.9 Å². The molecule has 1 amide bonds. The highest BCUT2D eigenvalue weighted by atomic mass is 16.5. The van der Waals surface area contributed by atoms with E-state index in [1.165, 1.54) is 17.1 Å². The maximum absolute atomic E-state index is 12.2. The summed E-state index contributed by atoms with van der Waals surface area (Å²) in [7, 11) is 0. The lowest BCUT2D eigenvalue weighted by molar-refractivity contribution is -0.153. The molecule has 2 aromatic carbocycles. The number of esters is 1. The molecule has 1 N–H and O–H groups in total. The number of oxazole rings is 1. The van der Waals surface area contributed by atoms with Gasteiger partial charge in [-0.15, -0.1) is 0 Å². The third-order valence-corrected chi connectivity index (χ3v) is 4.42. The fourth-order valence-electron chi connectivity index (χ4n) is 2.81. The molecule has 1 unspecified atom stereocenters. The van der Waals surface area contributed by atoms with Crippen molar-refractivity contribution in [3.05, 3.63) is 64.6 Å². The molecule has 0 radical (unpaired) electrons. The number of carbonyl (C=O) groups excluding carboxylic acids is 2. The molecule has 1 atom stereocenters. The van der Waals surface area contributed by atoms with Crippen LogP contribution in [0, 0.1) is 0 Å². The van der Waals surface area contributed by atoms with Crippen LogP contribution in [0.4, 0.5) is 5.69 Å². The lowest BCUT2D eigenvalue weighted by Crippen LogP contribution is -2.30. The van der Waals surface area contributed by atoms with Crippen molar-refractivity contribution in [1.82, 2.24) is 4.57 Å². The minimum atomic E-state index is -0.948. The standard InChI is InChI=1S/C21H22N2O5/c1-3-15-8-10-16(11-9-15)22-20(25)14(2)27-19(24)12-13-23-17-6-4-5-7-18(17)28-21(23)26/h4-11,14H,3,12-13H2,1-2H3,(H,22,25). The van der Waals surface area contributed by atoms with Crippen LogP contribution in [0.1, 0.15) is 25.8 Å². The number of amides is 1. The number of nitrogens with one attached hydrogen (secondary N) is 1. The van der Waals surface area contributed by atoms with E-state index in [2.05, 4.69) is 12.2 Å². The van der Waals surface area contributed by atoms with Crippen LogP contribution in [0.2, 0.25) is 0 Å². The zero-order valence-electron chi connectivity index (χ0n) is 15.8. The summed E-state index contributed by atoms with van der Waals surface area (Å²) in [6.45, 7) is 3.67. The molecule has 1 aromatic heterocycles. The Morgan fingerprint density at radius 1 is 1.14 bits per heavy atom. The van der Waals surface area contributed by atoms with Gasteiger partial charge in [-0.05, 0) is 43.2 Å². The Balaban J connectivity index is 1.54. The molecule has 146 valence electrons. The molecule has 0 aliphatic heterocycles. The average Bonchev–Trinajstić information content (AvgIpc) is 3.01. The van der Waals surface area contributed by atoms with Gasteiger partial charge in [-0.25, -0.2) is 4.79 Å². The van der Waals surface area contributed by atoms with Crippen molar-refractivity contribution in [3.8, 4) is 0 Å². The van der Waals surface area contributed by atoms with Gasteiger partial charge in [0.1, 0.15) is 0 Å². The van der Waals surface area contributed by atoms with Gasteiger partial charge < -0.3 is 14.5 Å². The molecule has 0 aliphatic carbocycles. The van der Waals surface area contributed by atoms with Crippen molar-refractivity contribution in [2.45, 2.75) is 39.3 Å². The maximum atomic E-state index is 12.2. The van der Waals surface area contributed by atoms with Crippen LogP contribution >= 0.6 is 0 Å². The van der Waals surface area contributed by atoms with Gasteiger partial charge >= 0.3 is 11.7 Å². The highest BCUT2D eigenvalue weighted by Crippen LogP contribution is 2.13. The molecule has 0 bridgehead atoms. The molecule has 28 heavy (non-hydrogen) atoms. The molecule has 7 heteroatoms. The number of fused-ring (bicyclic) bond motifs is 1. The quantitative estimate of drug-likeness (QED) is 0.634. The van der Waals surface area contributed by atoms with Crippen LogP contribution in [0.5, 0.6) is 0 Å². The zero-order valence-corrected chi connectivity index (χ0v) is 15.8. The first kappa shape index (κ1) is 19.4. The highest BCUT2D eigenvalue weighted by Gasteiger charge is 2.19. The number of aromatic nitrogens is 1. The maximum Gasteiger partial charge on any atom is 0.419 e. The first-order chi connectivity index (χ1) is 13.5. The number of carbonyl (C=O) groups is 2. The third-order valence-electron chi connectivity index (χ3n) is 4.42. The molecule has 0 saturated heterocycles. The molecule has 7 nitrogen and oxygen atoms in total. The van der Waals surface area contributed by atoms with Crippen LogP contribution in [0.15, 0.2) is 57.7 Å². The van der Waals surface area contributed by atoms with Gasteiger partial charge in [-0.3, -0.25) is 14.2 Å². The van der Waals surface area contributed by atoms with Crippen molar-refractivity contribution in [1.29, 1.82) is 0 Å². The number of benzene rings is 2. The largest absolute Gasteiger partial charge is 0.452 e. The van der Waals surface area contributed by atoms with Crippen molar-refractivity contribution in [3.63, 3.8) is 0 Å². The molecule has 0 aliphatic rings. The minimum absolute atomic E-state index is 0.0494. The normalized spacial score (nSPS) is 11.9. The van der Waals surface area contributed by atoms with E-state index in [0.29, 0.717) is 16.8 Å². The van der Waals surface area contributed by atoms with Crippen molar-refractivity contribution in [2.24, 2.45) is 0 Å². The molecule has 0 fully saturated rings. The van der Waals surface area contributed by atoms with E-state index >= 15 is 0 Å². The third kappa shape index (κ3) is 4.49. The summed E-state index contributed by atoms with van der Waals surface area (Å²) in [6, 6.07) is 14.4. The number of para-hydroxylation sites is 2. The number of aryl methyl sites for hydroxylation is 2. The molecule has 0 saturated carbocycles. The first-order valence-electron chi connectivity index (χ1n) is 9.15. The van der Waals surface area contributed by atoms with E-state index in [0.717, 1.165) is 6.42 Å². The fourth-order valence-corrected chi connectivity index (χ4v) is 2.81. The molecule has 0 spiro atoms. The topological polar surface area (TPSA) is 90.5 Å². The lowest BCUT2D eigenvalue weighted by Gasteiger charge is -2.14. The average molecular weight is 382 g/mol. The summed E-state index contributed by atoms with van der Waals surface area (Å²) in [6.07, 6.45) is -0.0834.